The third-order valence-corrected chi connectivity index (χ3v) is 3.62. The van der Waals surface area contributed by atoms with Crippen LogP contribution in [0.25, 0.3) is 0 Å². The van der Waals surface area contributed by atoms with Crippen LogP contribution in [0.2, 0.25) is 0 Å². The lowest BCUT2D eigenvalue weighted by Gasteiger charge is -2.23. The summed E-state index contributed by atoms with van der Waals surface area (Å²) in [6.07, 6.45) is -4.59. The molecule has 0 radical (unpaired) electrons. The third kappa shape index (κ3) is 3.37. The van der Waals surface area contributed by atoms with E-state index < -0.39 is 22.6 Å². The Bertz CT molecular complexity index is 639. The minimum absolute atomic E-state index is 0.245. The van der Waals surface area contributed by atoms with E-state index in [4.69, 9.17) is 5.73 Å². The van der Waals surface area contributed by atoms with Crippen molar-refractivity contribution in [2.45, 2.75) is 18.6 Å². The zero-order valence-electron chi connectivity index (χ0n) is 10.8. The molecule has 5 nitrogen and oxygen atoms in total. The van der Waals surface area contributed by atoms with Gasteiger partial charge in [-0.2, -0.15) is 13.2 Å². The molecule has 0 bridgehead atoms. The highest BCUT2D eigenvalue weighted by molar-refractivity contribution is 7.15. The van der Waals surface area contributed by atoms with Crippen molar-refractivity contribution in [1.29, 1.82) is 0 Å². The molecule has 3 N–H and O–H groups in total. The minimum Gasteiger partial charge on any atom is -0.314 e. The molecule has 0 saturated heterocycles. The molecule has 0 aliphatic carbocycles. The van der Waals surface area contributed by atoms with Gasteiger partial charge in [-0.15, -0.1) is 10.2 Å². The molecule has 0 saturated carbocycles. The molecule has 9 heteroatoms. The van der Waals surface area contributed by atoms with Crippen LogP contribution in [0.4, 0.5) is 18.3 Å². The summed E-state index contributed by atoms with van der Waals surface area (Å²) in [6.45, 7) is 1.46. The molecular weight excluding hydrogens is 305 g/mol. The molecule has 1 amide bonds. The van der Waals surface area contributed by atoms with Gasteiger partial charge in [-0.1, -0.05) is 41.7 Å². The zero-order valence-corrected chi connectivity index (χ0v) is 11.6. The summed E-state index contributed by atoms with van der Waals surface area (Å²) in [6, 6.07) is 8.49. The van der Waals surface area contributed by atoms with Crippen LogP contribution < -0.4 is 11.1 Å². The first kappa shape index (κ1) is 15.4. The fourth-order valence-electron chi connectivity index (χ4n) is 1.53. The van der Waals surface area contributed by atoms with E-state index in [-0.39, 0.29) is 16.5 Å². The maximum Gasteiger partial charge on any atom is 0.445 e. The molecule has 21 heavy (non-hydrogen) atoms. The predicted molar refractivity (Wildman–Crippen MR) is 71.5 cm³/mol. The summed E-state index contributed by atoms with van der Waals surface area (Å²) in [5.74, 6) is -0.668. The Labute approximate surface area is 122 Å². The summed E-state index contributed by atoms with van der Waals surface area (Å²) in [5, 5.41) is 7.15. The second-order valence-electron chi connectivity index (χ2n) is 4.43. The van der Waals surface area contributed by atoms with Crippen molar-refractivity contribution < 1.29 is 18.0 Å². The standard InChI is InChI=1S/C12H11F3N4OS/c1-11(16,7-5-3-2-4-6-7)8(20)17-10-19-18-9(21-10)12(13,14)15/h2-6H,16H2,1H3,(H,17,19,20). The van der Waals surface area contributed by atoms with Gasteiger partial charge in [-0.25, -0.2) is 0 Å². The van der Waals surface area contributed by atoms with Gasteiger partial charge < -0.3 is 5.73 Å². The first-order valence-corrected chi connectivity index (χ1v) is 6.59. The number of aromatic nitrogens is 2. The number of halogens is 3. The SMILES string of the molecule is CC(N)(C(=O)Nc1nnc(C(F)(F)F)s1)c1ccccc1. The monoisotopic (exact) mass is 316 g/mol. The molecule has 1 aromatic carbocycles. The molecule has 2 aromatic rings. The Balaban J connectivity index is 2.16. The lowest BCUT2D eigenvalue weighted by atomic mass is 9.92. The number of alkyl halides is 3. The Morgan fingerprint density at radius 1 is 1.24 bits per heavy atom. The van der Waals surface area contributed by atoms with Crippen molar-refractivity contribution in [3.63, 3.8) is 0 Å². The van der Waals surface area contributed by atoms with Gasteiger partial charge in [-0.3, -0.25) is 10.1 Å². The van der Waals surface area contributed by atoms with Crippen molar-refractivity contribution in [2.24, 2.45) is 5.73 Å². The van der Waals surface area contributed by atoms with Crippen molar-refractivity contribution in [2.75, 3.05) is 5.32 Å². The van der Waals surface area contributed by atoms with Gasteiger partial charge >= 0.3 is 6.18 Å². The van der Waals surface area contributed by atoms with Crippen LogP contribution in [-0.2, 0) is 16.5 Å². The molecule has 0 aliphatic rings. The molecule has 0 spiro atoms. The van der Waals surface area contributed by atoms with Gasteiger partial charge in [0.2, 0.25) is 10.1 Å². The Morgan fingerprint density at radius 2 is 1.86 bits per heavy atom. The van der Waals surface area contributed by atoms with Gasteiger partial charge in [-0.05, 0) is 12.5 Å². The predicted octanol–water partition coefficient (Wildman–Crippen LogP) is 2.37. The minimum atomic E-state index is -4.59. The smallest absolute Gasteiger partial charge is 0.314 e. The summed E-state index contributed by atoms with van der Waals surface area (Å²) < 4.78 is 37.2. The third-order valence-electron chi connectivity index (χ3n) is 2.73. The quantitative estimate of drug-likeness (QED) is 0.911. The highest BCUT2D eigenvalue weighted by atomic mass is 32.1. The number of carbonyl (C=O) groups excluding carboxylic acids is 1. The highest BCUT2D eigenvalue weighted by Gasteiger charge is 2.37. The average molecular weight is 316 g/mol. The van der Waals surface area contributed by atoms with Crippen LogP contribution in [0.15, 0.2) is 30.3 Å². The number of benzene rings is 1. The first-order valence-electron chi connectivity index (χ1n) is 5.78. The van der Waals surface area contributed by atoms with Crippen molar-refractivity contribution >= 4 is 22.4 Å². The van der Waals surface area contributed by atoms with Crippen LogP contribution in [0.1, 0.15) is 17.5 Å². The van der Waals surface area contributed by atoms with Crippen LogP contribution in [0.5, 0.6) is 0 Å². The fourth-order valence-corrected chi connectivity index (χ4v) is 2.14. The topological polar surface area (TPSA) is 80.9 Å². The van der Waals surface area contributed by atoms with Crippen molar-refractivity contribution in [1.82, 2.24) is 10.2 Å². The van der Waals surface area contributed by atoms with E-state index in [0.29, 0.717) is 5.56 Å². The van der Waals surface area contributed by atoms with Gasteiger partial charge in [0.1, 0.15) is 5.54 Å². The maximum atomic E-state index is 12.4. The molecule has 1 atom stereocenters. The molecule has 112 valence electrons. The second-order valence-corrected chi connectivity index (χ2v) is 5.41. The number of nitrogens with two attached hydrogens (primary N) is 1. The lowest BCUT2D eigenvalue weighted by molar-refractivity contribution is -0.138. The molecule has 1 heterocycles. The van der Waals surface area contributed by atoms with E-state index in [1.807, 2.05) is 0 Å². The Kier molecular flexibility index (Phi) is 3.97. The number of hydrogen-bond acceptors (Lipinski definition) is 5. The number of carbonyl (C=O) groups is 1. The number of anilines is 1. The molecule has 0 aliphatic heterocycles. The first-order chi connectivity index (χ1) is 9.71. The molecule has 2 rings (SSSR count). The van der Waals surface area contributed by atoms with E-state index in [1.54, 1.807) is 30.3 Å². The average Bonchev–Trinajstić information content (AvgIpc) is 2.88. The zero-order chi connectivity index (χ0) is 15.7. The summed E-state index contributed by atoms with van der Waals surface area (Å²) >= 11 is 0.245. The van der Waals surface area contributed by atoms with E-state index in [0.717, 1.165) is 0 Å². The number of amides is 1. The van der Waals surface area contributed by atoms with Crippen LogP contribution >= 0.6 is 11.3 Å². The summed E-state index contributed by atoms with van der Waals surface area (Å²) in [5.41, 5.74) is 5.08. The largest absolute Gasteiger partial charge is 0.445 e. The van der Waals surface area contributed by atoms with Gasteiger partial charge in [0, 0.05) is 0 Å². The van der Waals surface area contributed by atoms with Crippen LogP contribution in [0.3, 0.4) is 0 Å². The second kappa shape index (κ2) is 5.41. The lowest BCUT2D eigenvalue weighted by Crippen LogP contribution is -2.45. The number of rotatable bonds is 3. The van der Waals surface area contributed by atoms with Gasteiger partial charge in [0.25, 0.3) is 5.91 Å². The van der Waals surface area contributed by atoms with Crippen LogP contribution in [-0.4, -0.2) is 16.1 Å². The number of nitrogens with one attached hydrogen (secondary N) is 1. The summed E-state index contributed by atoms with van der Waals surface area (Å²) in [7, 11) is 0. The van der Waals surface area contributed by atoms with Crippen molar-refractivity contribution in [3.8, 4) is 0 Å². The number of nitrogens with zero attached hydrogens (tertiary/aromatic N) is 2. The maximum absolute atomic E-state index is 12.4. The van der Waals surface area contributed by atoms with Crippen molar-refractivity contribution in [3.05, 3.63) is 40.9 Å². The molecule has 1 unspecified atom stereocenters. The van der Waals surface area contributed by atoms with E-state index in [2.05, 4.69) is 15.5 Å². The molecule has 1 aromatic heterocycles. The number of hydrogen-bond donors (Lipinski definition) is 2. The fraction of sp³-hybridized carbons (Fsp3) is 0.250. The normalized spacial score (nSPS) is 14.5. The van der Waals surface area contributed by atoms with E-state index in [9.17, 15) is 18.0 Å². The highest BCUT2D eigenvalue weighted by Crippen LogP contribution is 2.33. The van der Waals surface area contributed by atoms with E-state index >= 15 is 0 Å². The molecule has 0 fully saturated rings. The van der Waals surface area contributed by atoms with Gasteiger partial charge in [0.05, 0.1) is 0 Å². The van der Waals surface area contributed by atoms with Crippen LogP contribution in [0, 0.1) is 0 Å². The molecular formula is C12H11F3N4OS. The Hall–Kier alpha value is -2.00. The van der Waals surface area contributed by atoms with Gasteiger partial charge in [0.15, 0.2) is 0 Å². The summed E-state index contributed by atoms with van der Waals surface area (Å²) in [4.78, 5) is 12.1. The Morgan fingerprint density at radius 3 is 2.38 bits per heavy atom. The van der Waals surface area contributed by atoms with E-state index in [1.165, 1.54) is 6.92 Å².